The van der Waals surface area contributed by atoms with Crippen LogP contribution in [0.3, 0.4) is 0 Å². The second-order valence-electron chi connectivity index (χ2n) is 5.43. The largest absolute Gasteiger partial charge is 0.313 e. The van der Waals surface area contributed by atoms with Gasteiger partial charge in [-0.15, -0.1) is 11.3 Å². The SMILES string of the molecule is CC(C)N(Cc1csc(Br)c1)CC1CCCCN1. The van der Waals surface area contributed by atoms with Crippen molar-refractivity contribution in [3.05, 3.63) is 20.8 Å². The summed E-state index contributed by atoms with van der Waals surface area (Å²) in [6, 6.07) is 3.53. The molecule has 2 rings (SSSR count). The molecule has 1 atom stereocenters. The third-order valence-electron chi connectivity index (χ3n) is 3.60. The van der Waals surface area contributed by atoms with Gasteiger partial charge in [-0.2, -0.15) is 0 Å². The predicted molar refractivity (Wildman–Crippen MR) is 83.2 cm³/mol. The number of rotatable bonds is 5. The van der Waals surface area contributed by atoms with Crippen molar-refractivity contribution in [1.82, 2.24) is 10.2 Å². The summed E-state index contributed by atoms with van der Waals surface area (Å²) in [6.07, 6.45) is 4.06. The van der Waals surface area contributed by atoms with Gasteiger partial charge in [-0.05, 0) is 66.2 Å². The van der Waals surface area contributed by atoms with Crippen LogP contribution in [-0.4, -0.2) is 30.1 Å². The molecule has 1 N–H and O–H groups in total. The van der Waals surface area contributed by atoms with Gasteiger partial charge < -0.3 is 5.32 Å². The van der Waals surface area contributed by atoms with Crippen LogP contribution in [0.25, 0.3) is 0 Å². The van der Waals surface area contributed by atoms with Crippen molar-refractivity contribution < 1.29 is 0 Å². The molecule has 2 nitrogen and oxygen atoms in total. The van der Waals surface area contributed by atoms with E-state index in [4.69, 9.17) is 0 Å². The fourth-order valence-corrected chi connectivity index (χ4v) is 3.68. The molecule has 102 valence electrons. The second kappa shape index (κ2) is 7.04. The van der Waals surface area contributed by atoms with Crippen molar-refractivity contribution in [3.8, 4) is 0 Å². The summed E-state index contributed by atoms with van der Waals surface area (Å²) in [6.45, 7) is 8.03. The standard InChI is InChI=1S/C14H23BrN2S/c1-11(2)17(8-12-7-14(15)18-10-12)9-13-5-3-4-6-16-13/h7,10-11,13,16H,3-6,8-9H2,1-2H3. The first-order valence-corrected chi connectivity index (χ1v) is 8.53. The summed E-state index contributed by atoms with van der Waals surface area (Å²) >= 11 is 5.32. The van der Waals surface area contributed by atoms with E-state index in [-0.39, 0.29) is 0 Å². The van der Waals surface area contributed by atoms with Gasteiger partial charge in [0.05, 0.1) is 3.79 Å². The average molecular weight is 331 g/mol. The van der Waals surface area contributed by atoms with E-state index < -0.39 is 0 Å². The molecule has 0 aliphatic carbocycles. The maximum absolute atomic E-state index is 3.65. The van der Waals surface area contributed by atoms with Crippen LogP contribution < -0.4 is 5.32 Å². The molecular formula is C14H23BrN2S. The van der Waals surface area contributed by atoms with Crippen LogP contribution >= 0.6 is 27.3 Å². The molecule has 4 heteroatoms. The zero-order valence-corrected chi connectivity index (χ0v) is 13.7. The zero-order valence-electron chi connectivity index (χ0n) is 11.3. The lowest BCUT2D eigenvalue weighted by Gasteiger charge is -2.33. The maximum Gasteiger partial charge on any atom is 0.0701 e. The number of hydrogen-bond donors (Lipinski definition) is 1. The molecule has 1 fully saturated rings. The molecule has 0 spiro atoms. The molecule has 1 aromatic heterocycles. The van der Waals surface area contributed by atoms with Crippen LogP contribution in [0.5, 0.6) is 0 Å². The Kier molecular flexibility index (Phi) is 5.67. The Morgan fingerprint density at radius 3 is 2.89 bits per heavy atom. The number of nitrogens with zero attached hydrogens (tertiary/aromatic N) is 1. The highest BCUT2D eigenvalue weighted by atomic mass is 79.9. The summed E-state index contributed by atoms with van der Waals surface area (Å²) in [5.41, 5.74) is 1.43. The van der Waals surface area contributed by atoms with Gasteiger partial charge in [-0.3, -0.25) is 4.90 Å². The van der Waals surface area contributed by atoms with Gasteiger partial charge in [0, 0.05) is 25.2 Å². The minimum atomic E-state index is 0.604. The second-order valence-corrected chi connectivity index (χ2v) is 7.72. The Morgan fingerprint density at radius 1 is 1.50 bits per heavy atom. The van der Waals surface area contributed by atoms with Gasteiger partial charge in [-0.25, -0.2) is 0 Å². The van der Waals surface area contributed by atoms with Gasteiger partial charge in [0.15, 0.2) is 0 Å². The number of thiophene rings is 1. The highest BCUT2D eigenvalue weighted by Gasteiger charge is 2.19. The number of halogens is 1. The minimum absolute atomic E-state index is 0.604. The van der Waals surface area contributed by atoms with Crippen LogP contribution in [0.15, 0.2) is 15.2 Å². The van der Waals surface area contributed by atoms with Crippen molar-refractivity contribution >= 4 is 27.3 Å². The molecule has 1 aliphatic heterocycles. The van der Waals surface area contributed by atoms with Crippen LogP contribution in [0, 0.1) is 0 Å². The molecule has 18 heavy (non-hydrogen) atoms. The molecule has 0 amide bonds. The molecule has 0 radical (unpaired) electrons. The lowest BCUT2D eigenvalue weighted by Crippen LogP contribution is -2.45. The van der Waals surface area contributed by atoms with Crippen molar-refractivity contribution in [2.75, 3.05) is 13.1 Å². The van der Waals surface area contributed by atoms with Crippen LogP contribution in [-0.2, 0) is 6.54 Å². The van der Waals surface area contributed by atoms with Gasteiger partial charge in [0.25, 0.3) is 0 Å². The number of hydrogen-bond acceptors (Lipinski definition) is 3. The van der Waals surface area contributed by atoms with Crippen molar-refractivity contribution in [3.63, 3.8) is 0 Å². The summed E-state index contributed by atoms with van der Waals surface area (Å²) in [5, 5.41) is 5.90. The molecule has 2 heterocycles. The third-order valence-corrected chi connectivity index (χ3v) is 5.16. The smallest absolute Gasteiger partial charge is 0.0701 e. The van der Waals surface area contributed by atoms with Crippen molar-refractivity contribution in [1.29, 1.82) is 0 Å². The molecule has 1 aliphatic rings. The fraction of sp³-hybridized carbons (Fsp3) is 0.714. The summed E-state index contributed by atoms with van der Waals surface area (Å²) < 4.78 is 1.23. The van der Waals surface area contributed by atoms with E-state index in [1.807, 2.05) is 0 Å². The number of piperidine rings is 1. The van der Waals surface area contributed by atoms with E-state index in [0.29, 0.717) is 12.1 Å². The van der Waals surface area contributed by atoms with E-state index in [1.165, 1.54) is 41.7 Å². The normalized spacial score (nSPS) is 20.8. The Hall–Kier alpha value is 0.1000. The van der Waals surface area contributed by atoms with E-state index in [2.05, 4.69) is 51.4 Å². The summed E-state index contributed by atoms with van der Waals surface area (Å²) in [4.78, 5) is 2.58. The molecule has 0 saturated carbocycles. The molecule has 1 saturated heterocycles. The van der Waals surface area contributed by atoms with E-state index in [9.17, 15) is 0 Å². The summed E-state index contributed by atoms with van der Waals surface area (Å²) in [5.74, 6) is 0. The van der Waals surface area contributed by atoms with Crippen LogP contribution in [0.2, 0.25) is 0 Å². The van der Waals surface area contributed by atoms with Crippen LogP contribution in [0.1, 0.15) is 38.7 Å². The van der Waals surface area contributed by atoms with Crippen LogP contribution in [0.4, 0.5) is 0 Å². The van der Waals surface area contributed by atoms with Gasteiger partial charge in [-0.1, -0.05) is 6.42 Å². The molecule has 0 aromatic carbocycles. The van der Waals surface area contributed by atoms with E-state index >= 15 is 0 Å². The van der Waals surface area contributed by atoms with E-state index in [1.54, 1.807) is 11.3 Å². The Balaban J connectivity index is 1.90. The number of nitrogens with one attached hydrogen (secondary N) is 1. The molecule has 0 bridgehead atoms. The first-order chi connectivity index (χ1) is 8.65. The first-order valence-electron chi connectivity index (χ1n) is 6.85. The zero-order chi connectivity index (χ0) is 13.0. The highest BCUT2D eigenvalue weighted by Crippen LogP contribution is 2.22. The third kappa shape index (κ3) is 4.34. The van der Waals surface area contributed by atoms with Crippen molar-refractivity contribution in [2.45, 2.75) is 51.7 Å². The first kappa shape index (κ1) is 14.5. The highest BCUT2D eigenvalue weighted by molar-refractivity contribution is 9.11. The Labute approximate surface area is 123 Å². The Bertz CT molecular complexity index is 358. The van der Waals surface area contributed by atoms with Gasteiger partial charge in [0.2, 0.25) is 0 Å². The van der Waals surface area contributed by atoms with E-state index in [0.717, 1.165) is 6.54 Å². The quantitative estimate of drug-likeness (QED) is 0.881. The maximum atomic E-state index is 3.65. The molecule has 1 aromatic rings. The van der Waals surface area contributed by atoms with Crippen molar-refractivity contribution in [2.24, 2.45) is 0 Å². The average Bonchev–Trinajstić information content (AvgIpc) is 2.75. The van der Waals surface area contributed by atoms with Gasteiger partial charge >= 0.3 is 0 Å². The predicted octanol–water partition coefficient (Wildman–Crippen LogP) is 3.86. The fourth-order valence-electron chi connectivity index (χ4n) is 2.48. The molecular weight excluding hydrogens is 308 g/mol. The van der Waals surface area contributed by atoms with Gasteiger partial charge in [0.1, 0.15) is 0 Å². The summed E-state index contributed by atoms with van der Waals surface area (Å²) in [7, 11) is 0. The molecule has 1 unspecified atom stereocenters. The minimum Gasteiger partial charge on any atom is -0.313 e. The topological polar surface area (TPSA) is 15.3 Å². The Morgan fingerprint density at radius 2 is 2.33 bits per heavy atom. The monoisotopic (exact) mass is 330 g/mol. The lowest BCUT2D eigenvalue weighted by atomic mass is 10.0. The lowest BCUT2D eigenvalue weighted by molar-refractivity contribution is 0.177.